The average molecular weight is 360 g/mol. The zero-order chi connectivity index (χ0) is 18.4. The van der Waals surface area contributed by atoms with Crippen molar-refractivity contribution >= 4 is 5.96 Å². The van der Waals surface area contributed by atoms with E-state index in [1.807, 2.05) is 6.07 Å². The van der Waals surface area contributed by atoms with Crippen LogP contribution in [0.5, 0.6) is 5.75 Å². The number of nitrogens with one attached hydrogen (secondary N) is 2. The molecule has 0 spiro atoms. The Kier molecular flexibility index (Phi) is 6.41. The lowest BCUT2D eigenvalue weighted by molar-refractivity contribution is 0.0732. The number of aryl methyl sites for hydroxylation is 1. The van der Waals surface area contributed by atoms with E-state index < -0.39 is 0 Å². The average Bonchev–Trinajstić information content (AvgIpc) is 2.64. The van der Waals surface area contributed by atoms with Crippen LogP contribution in [0.25, 0.3) is 0 Å². The molecule has 3 rings (SSSR count). The number of nitrogens with zero attached hydrogens (tertiary/aromatic N) is 1. The Bertz CT molecular complexity index is 638. The molecule has 0 aromatic heterocycles. The minimum Gasteiger partial charge on any atom is -0.508 e. The van der Waals surface area contributed by atoms with E-state index in [0.717, 1.165) is 43.9 Å². The third-order valence-corrected chi connectivity index (χ3v) is 6.16. The number of phenols is 1. The predicted molar refractivity (Wildman–Crippen MR) is 106 cm³/mol. The first-order chi connectivity index (χ1) is 12.7. The summed E-state index contributed by atoms with van der Waals surface area (Å²) in [5.74, 6) is 1.20. The van der Waals surface area contributed by atoms with Crippen LogP contribution in [0.15, 0.2) is 17.1 Å². The van der Waals surface area contributed by atoms with E-state index in [0.29, 0.717) is 17.7 Å². The van der Waals surface area contributed by atoms with E-state index >= 15 is 0 Å². The normalized spacial score (nSPS) is 18.8. The van der Waals surface area contributed by atoms with Gasteiger partial charge in [0.25, 0.3) is 0 Å². The molecule has 1 aromatic carbocycles. The maximum atomic E-state index is 10.3. The smallest absolute Gasteiger partial charge is 0.191 e. The molecule has 1 aromatic rings. The fourth-order valence-electron chi connectivity index (χ4n) is 4.26. The van der Waals surface area contributed by atoms with Gasteiger partial charge in [-0.15, -0.1) is 0 Å². The van der Waals surface area contributed by atoms with Crippen molar-refractivity contribution in [1.82, 2.24) is 10.6 Å². The van der Waals surface area contributed by atoms with Crippen LogP contribution >= 0.6 is 0 Å². The molecular weight excluding hydrogens is 326 g/mol. The number of ether oxygens (including phenoxy) is 1. The molecule has 0 unspecified atom stereocenters. The number of benzene rings is 1. The summed E-state index contributed by atoms with van der Waals surface area (Å²) in [5.41, 5.74) is 4.10. The molecule has 0 radical (unpaired) electrons. The van der Waals surface area contributed by atoms with Crippen LogP contribution in [0.1, 0.15) is 55.2 Å². The summed E-state index contributed by atoms with van der Waals surface area (Å²) in [5, 5.41) is 17.2. The molecule has 1 saturated carbocycles. The summed E-state index contributed by atoms with van der Waals surface area (Å²) in [4.78, 5) is 4.37. The van der Waals surface area contributed by atoms with Crippen LogP contribution in [0, 0.1) is 5.41 Å². The molecule has 26 heavy (non-hydrogen) atoms. The first-order valence-electron chi connectivity index (χ1n) is 9.93. The second-order valence-electron chi connectivity index (χ2n) is 7.78. The minimum atomic E-state index is 0.349. The molecule has 3 N–H and O–H groups in total. The van der Waals surface area contributed by atoms with E-state index in [1.54, 1.807) is 14.2 Å². The Morgan fingerprint density at radius 2 is 2.00 bits per heavy atom. The quantitative estimate of drug-likeness (QED) is 0.517. The van der Waals surface area contributed by atoms with Crippen molar-refractivity contribution in [2.75, 3.05) is 27.3 Å². The molecular formula is C21H33N3O2. The highest BCUT2D eigenvalue weighted by atomic mass is 16.5. The third kappa shape index (κ3) is 4.32. The predicted octanol–water partition coefficient (Wildman–Crippen LogP) is 3.14. The first-order valence-corrected chi connectivity index (χ1v) is 9.93. The van der Waals surface area contributed by atoms with Crippen LogP contribution in [0.2, 0.25) is 0 Å². The van der Waals surface area contributed by atoms with Gasteiger partial charge in [-0.3, -0.25) is 4.99 Å². The maximum absolute atomic E-state index is 10.3. The third-order valence-electron chi connectivity index (χ3n) is 6.16. The van der Waals surface area contributed by atoms with Crippen molar-refractivity contribution in [3.05, 3.63) is 28.8 Å². The van der Waals surface area contributed by atoms with Crippen LogP contribution in [0.3, 0.4) is 0 Å². The number of hydrogen-bond donors (Lipinski definition) is 3. The summed E-state index contributed by atoms with van der Waals surface area (Å²) in [7, 11) is 3.57. The molecule has 5 heteroatoms. The molecule has 144 valence electrons. The van der Waals surface area contributed by atoms with Gasteiger partial charge in [0.15, 0.2) is 5.96 Å². The molecule has 0 atom stereocenters. The van der Waals surface area contributed by atoms with Crippen molar-refractivity contribution in [3.8, 4) is 5.75 Å². The lowest BCUT2D eigenvalue weighted by Crippen LogP contribution is -2.46. The number of aromatic hydroxyl groups is 1. The number of rotatable bonds is 7. The Balaban J connectivity index is 1.58. The van der Waals surface area contributed by atoms with Gasteiger partial charge in [-0.1, -0.05) is 12.5 Å². The van der Waals surface area contributed by atoms with Crippen LogP contribution in [-0.4, -0.2) is 38.4 Å². The zero-order valence-corrected chi connectivity index (χ0v) is 16.2. The SMILES string of the molecule is CN=C(NCc1c(O)ccc2c1CCCC2)NCC1(CCOC)CCC1. The molecule has 2 aliphatic carbocycles. The topological polar surface area (TPSA) is 65.9 Å². The second-order valence-corrected chi connectivity index (χ2v) is 7.78. The number of methoxy groups -OCH3 is 1. The van der Waals surface area contributed by atoms with E-state index in [-0.39, 0.29) is 0 Å². The Morgan fingerprint density at radius 1 is 1.19 bits per heavy atom. The molecule has 0 heterocycles. The molecule has 0 bridgehead atoms. The Labute approximate surface area is 157 Å². The summed E-state index contributed by atoms with van der Waals surface area (Å²) in [6.07, 6.45) is 9.56. The highest BCUT2D eigenvalue weighted by molar-refractivity contribution is 5.79. The molecule has 0 saturated heterocycles. The number of phenolic OH excluding ortho intramolecular Hbond substituents is 1. The van der Waals surface area contributed by atoms with Gasteiger partial charge in [0, 0.05) is 39.4 Å². The Morgan fingerprint density at radius 3 is 2.69 bits per heavy atom. The minimum absolute atomic E-state index is 0.349. The van der Waals surface area contributed by atoms with Crippen molar-refractivity contribution in [2.45, 2.75) is 57.9 Å². The lowest BCUT2D eigenvalue weighted by atomic mass is 9.67. The molecule has 0 amide bonds. The summed E-state index contributed by atoms with van der Waals surface area (Å²) in [6, 6.07) is 3.92. The van der Waals surface area contributed by atoms with Gasteiger partial charge >= 0.3 is 0 Å². The first kappa shape index (κ1) is 19.0. The molecule has 1 fully saturated rings. The van der Waals surface area contributed by atoms with Gasteiger partial charge in [-0.25, -0.2) is 0 Å². The fraction of sp³-hybridized carbons (Fsp3) is 0.667. The van der Waals surface area contributed by atoms with Crippen molar-refractivity contribution < 1.29 is 9.84 Å². The largest absolute Gasteiger partial charge is 0.508 e. The number of fused-ring (bicyclic) bond motifs is 1. The Hall–Kier alpha value is -1.75. The molecule has 5 nitrogen and oxygen atoms in total. The highest BCUT2D eigenvalue weighted by Gasteiger charge is 2.36. The van der Waals surface area contributed by atoms with E-state index in [2.05, 4.69) is 21.7 Å². The highest BCUT2D eigenvalue weighted by Crippen LogP contribution is 2.43. The monoisotopic (exact) mass is 359 g/mol. The van der Waals surface area contributed by atoms with Crippen LogP contribution < -0.4 is 10.6 Å². The van der Waals surface area contributed by atoms with Gasteiger partial charge in [-0.2, -0.15) is 0 Å². The molecule has 0 aliphatic heterocycles. The van der Waals surface area contributed by atoms with Gasteiger partial charge in [-0.05, 0) is 67.6 Å². The number of guanidine groups is 1. The van der Waals surface area contributed by atoms with Gasteiger partial charge in [0.05, 0.1) is 0 Å². The number of hydrogen-bond acceptors (Lipinski definition) is 3. The van der Waals surface area contributed by atoms with Crippen molar-refractivity contribution in [1.29, 1.82) is 0 Å². The fourth-order valence-corrected chi connectivity index (χ4v) is 4.26. The standard InChI is InChI=1S/C21H33N3O2/c1-22-20(24-15-21(10-5-11-21)12-13-26-2)23-14-18-17-7-4-3-6-16(17)8-9-19(18)25/h8-9,25H,3-7,10-15H2,1-2H3,(H2,22,23,24). The maximum Gasteiger partial charge on any atom is 0.191 e. The van der Waals surface area contributed by atoms with Gasteiger partial charge < -0.3 is 20.5 Å². The molecule has 2 aliphatic rings. The van der Waals surface area contributed by atoms with Crippen molar-refractivity contribution in [3.63, 3.8) is 0 Å². The van der Waals surface area contributed by atoms with Crippen LogP contribution in [-0.2, 0) is 24.1 Å². The van der Waals surface area contributed by atoms with Crippen molar-refractivity contribution in [2.24, 2.45) is 10.4 Å². The van der Waals surface area contributed by atoms with E-state index in [4.69, 9.17) is 4.74 Å². The zero-order valence-electron chi connectivity index (χ0n) is 16.2. The van der Waals surface area contributed by atoms with Crippen LogP contribution in [0.4, 0.5) is 0 Å². The summed E-state index contributed by atoms with van der Waals surface area (Å²) in [6.45, 7) is 2.35. The van der Waals surface area contributed by atoms with E-state index in [9.17, 15) is 5.11 Å². The van der Waals surface area contributed by atoms with Gasteiger partial charge in [0.2, 0.25) is 0 Å². The second kappa shape index (κ2) is 8.76. The number of aliphatic imine (C=N–C) groups is 1. The summed E-state index contributed by atoms with van der Waals surface area (Å²) < 4.78 is 5.28. The van der Waals surface area contributed by atoms with E-state index in [1.165, 1.54) is 43.2 Å². The lowest BCUT2D eigenvalue weighted by Gasteiger charge is -2.42. The summed E-state index contributed by atoms with van der Waals surface area (Å²) >= 11 is 0. The van der Waals surface area contributed by atoms with Gasteiger partial charge in [0.1, 0.15) is 5.75 Å².